The molecule has 1 aliphatic carbocycles. The molecule has 0 amide bonds. The maximum atomic E-state index is 10.0. The van der Waals surface area contributed by atoms with Gasteiger partial charge in [0.1, 0.15) is 0 Å². The van der Waals surface area contributed by atoms with Crippen LogP contribution in [0.1, 0.15) is 6.42 Å². The minimum absolute atomic E-state index is 0.112. The summed E-state index contributed by atoms with van der Waals surface area (Å²) >= 11 is 0. The monoisotopic (exact) mass is 123 g/mol. The Balaban J connectivity index is 2.69. The van der Waals surface area contributed by atoms with Gasteiger partial charge in [0.2, 0.25) is 0 Å². The molecule has 0 fully saturated rings. The Morgan fingerprint density at radius 2 is 2.56 bits per heavy atom. The predicted molar refractivity (Wildman–Crippen MR) is 32.1 cm³/mol. The van der Waals surface area contributed by atoms with Crippen LogP contribution in [-0.4, -0.2) is 4.92 Å². The maximum absolute atomic E-state index is 10.0. The average molecular weight is 123 g/mol. The van der Waals surface area contributed by atoms with Crippen molar-refractivity contribution in [2.45, 2.75) is 6.42 Å². The highest BCUT2D eigenvalue weighted by atomic mass is 16.6. The fourth-order valence-corrected chi connectivity index (χ4v) is 0.573. The molecule has 0 bridgehead atoms. The summed E-state index contributed by atoms with van der Waals surface area (Å²) in [6.07, 6.45) is 7.98. The first-order valence-corrected chi connectivity index (χ1v) is 2.55. The quantitative estimate of drug-likeness (QED) is 0.388. The molecule has 0 unspecified atom stereocenters. The molecule has 0 aromatic rings. The molecule has 0 saturated heterocycles. The molecule has 0 saturated carbocycles. The summed E-state index contributed by atoms with van der Waals surface area (Å²) in [6.45, 7) is 0. The summed E-state index contributed by atoms with van der Waals surface area (Å²) in [4.78, 5) is 9.57. The minimum atomic E-state index is -0.428. The van der Waals surface area contributed by atoms with Crippen LogP contribution in [0, 0.1) is 16.5 Å². The summed E-state index contributed by atoms with van der Waals surface area (Å²) in [5.41, 5.74) is 0.112. The SMILES string of the molecule is O=[N+]([O-])C1=C[C]CC=C1. The first kappa shape index (κ1) is 6.01. The maximum Gasteiger partial charge on any atom is 0.265 e. The van der Waals surface area contributed by atoms with Crippen LogP contribution in [0.2, 0.25) is 0 Å². The van der Waals surface area contributed by atoms with Crippen LogP contribution < -0.4 is 0 Å². The molecule has 2 radical (unpaired) electrons. The van der Waals surface area contributed by atoms with E-state index in [-0.39, 0.29) is 5.70 Å². The van der Waals surface area contributed by atoms with Gasteiger partial charge in [0.15, 0.2) is 0 Å². The van der Waals surface area contributed by atoms with Crippen molar-refractivity contribution in [3.05, 3.63) is 40.5 Å². The molecule has 0 N–H and O–H groups in total. The zero-order valence-electron chi connectivity index (χ0n) is 4.70. The summed E-state index contributed by atoms with van der Waals surface area (Å²) in [7, 11) is 0. The van der Waals surface area contributed by atoms with Gasteiger partial charge in [-0.25, -0.2) is 0 Å². The zero-order valence-corrected chi connectivity index (χ0v) is 4.70. The van der Waals surface area contributed by atoms with E-state index in [0.29, 0.717) is 6.42 Å². The van der Waals surface area contributed by atoms with Gasteiger partial charge in [-0.05, 0) is 6.42 Å². The minimum Gasteiger partial charge on any atom is -0.258 e. The zero-order chi connectivity index (χ0) is 6.69. The van der Waals surface area contributed by atoms with E-state index in [1.165, 1.54) is 12.2 Å². The first-order chi connectivity index (χ1) is 4.30. The van der Waals surface area contributed by atoms with Crippen molar-refractivity contribution in [2.75, 3.05) is 0 Å². The molecule has 0 spiro atoms. The topological polar surface area (TPSA) is 43.1 Å². The van der Waals surface area contributed by atoms with Gasteiger partial charge in [-0.3, -0.25) is 10.1 Å². The van der Waals surface area contributed by atoms with E-state index in [1.54, 1.807) is 6.08 Å². The smallest absolute Gasteiger partial charge is 0.258 e. The van der Waals surface area contributed by atoms with Crippen LogP contribution in [0.15, 0.2) is 23.9 Å². The van der Waals surface area contributed by atoms with Crippen LogP contribution in [0.5, 0.6) is 0 Å². The van der Waals surface area contributed by atoms with Gasteiger partial charge in [0.25, 0.3) is 5.70 Å². The number of hydrogen-bond acceptors (Lipinski definition) is 2. The van der Waals surface area contributed by atoms with E-state index < -0.39 is 4.92 Å². The second-order valence-electron chi connectivity index (χ2n) is 1.64. The number of nitrogens with zero attached hydrogens (tertiary/aromatic N) is 1. The van der Waals surface area contributed by atoms with Crippen LogP contribution in [0.3, 0.4) is 0 Å². The molecule has 46 valence electrons. The van der Waals surface area contributed by atoms with Crippen molar-refractivity contribution < 1.29 is 4.92 Å². The van der Waals surface area contributed by atoms with Crippen LogP contribution in [0.25, 0.3) is 0 Å². The van der Waals surface area contributed by atoms with E-state index >= 15 is 0 Å². The molecule has 1 aliphatic rings. The lowest BCUT2D eigenvalue weighted by Gasteiger charge is -1.94. The third-order valence-corrected chi connectivity index (χ3v) is 0.985. The largest absolute Gasteiger partial charge is 0.265 e. The number of rotatable bonds is 1. The second kappa shape index (κ2) is 2.44. The number of hydrogen-bond donors (Lipinski definition) is 0. The number of allylic oxidation sites excluding steroid dienone is 3. The number of nitro groups is 1. The second-order valence-corrected chi connectivity index (χ2v) is 1.64. The highest BCUT2D eigenvalue weighted by molar-refractivity contribution is 5.20. The lowest BCUT2D eigenvalue weighted by molar-refractivity contribution is -0.419. The summed E-state index contributed by atoms with van der Waals surface area (Å²) in [6, 6.07) is 0. The molecule has 0 heterocycles. The Bertz CT molecular complexity index is 181. The van der Waals surface area contributed by atoms with Crippen molar-refractivity contribution in [1.29, 1.82) is 0 Å². The highest BCUT2D eigenvalue weighted by Gasteiger charge is 2.06. The first-order valence-electron chi connectivity index (χ1n) is 2.55. The van der Waals surface area contributed by atoms with E-state index in [0.717, 1.165) is 0 Å². The Labute approximate surface area is 52.8 Å². The normalized spacial score (nSPS) is 17.1. The molecule has 0 atom stereocenters. The van der Waals surface area contributed by atoms with Gasteiger partial charge in [-0.2, -0.15) is 0 Å². The van der Waals surface area contributed by atoms with Gasteiger partial charge in [-0.1, -0.05) is 6.08 Å². The highest BCUT2D eigenvalue weighted by Crippen LogP contribution is 2.07. The third-order valence-electron chi connectivity index (χ3n) is 0.985. The molecule has 0 aromatic heterocycles. The van der Waals surface area contributed by atoms with Crippen molar-refractivity contribution in [3.8, 4) is 0 Å². The summed E-state index contributed by atoms with van der Waals surface area (Å²) < 4.78 is 0. The fraction of sp³-hybridized carbons (Fsp3) is 0.167. The van der Waals surface area contributed by atoms with Gasteiger partial charge in [-0.15, -0.1) is 0 Å². The molecule has 1 rings (SSSR count). The van der Waals surface area contributed by atoms with Gasteiger partial charge in [0.05, 0.1) is 4.92 Å². The van der Waals surface area contributed by atoms with Crippen LogP contribution in [-0.2, 0) is 0 Å². The molecular formula is C6H5NO2. The Kier molecular flexibility index (Phi) is 1.63. The molecule has 3 heteroatoms. The molecule has 0 aromatic carbocycles. The average Bonchev–Trinajstić information content (AvgIpc) is 1.90. The van der Waals surface area contributed by atoms with E-state index in [1.807, 2.05) is 0 Å². The summed E-state index contributed by atoms with van der Waals surface area (Å²) in [5, 5.41) is 10.0. The van der Waals surface area contributed by atoms with Crippen molar-refractivity contribution in [1.82, 2.24) is 0 Å². The predicted octanol–water partition coefficient (Wildman–Crippen LogP) is 1.19. The molecule has 0 aliphatic heterocycles. The molecule has 3 nitrogen and oxygen atoms in total. The Morgan fingerprint density at radius 3 is 2.89 bits per heavy atom. The lowest BCUT2D eigenvalue weighted by Crippen LogP contribution is -1.97. The van der Waals surface area contributed by atoms with Gasteiger partial charge < -0.3 is 0 Å². The van der Waals surface area contributed by atoms with Gasteiger partial charge >= 0.3 is 0 Å². The van der Waals surface area contributed by atoms with E-state index in [9.17, 15) is 10.1 Å². The Morgan fingerprint density at radius 1 is 1.78 bits per heavy atom. The van der Waals surface area contributed by atoms with Gasteiger partial charge in [0, 0.05) is 18.6 Å². The van der Waals surface area contributed by atoms with Crippen molar-refractivity contribution in [2.24, 2.45) is 0 Å². The van der Waals surface area contributed by atoms with Crippen molar-refractivity contribution >= 4 is 0 Å². The third kappa shape index (κ3) is 1.38. The molecule has 9 heavy (non-hydrogen) atoms. The lowest BCUT2D eigenvalue weighted by atomic mass is 10.2. The standard InChI is InChI=1S/C6H5NO2/c8-7(9)6-4-2-1-3-5-6/h2,4-5H,1H2. The van der Waals surface area contributed by atoms with Crippen LogP contribution in [0.4, 0.5) is 0 Å². The van der Waals surface area contributed by atoms with E-state index in [2.05, 4.69) is 6.42 Å². The van der Waals surface area contributed by atoms with E-state index in [4.69, 9.17) is 0 Å². The Hall–Kier alpha value is -1.12. The molecular weight excluding hydrogens is 118 g/mol. The summed E-state index contributed by atoms with van der Waals surface area (Å²) in [5.74, 6) is 0. The van der Waals surface area contributed by atoms with Crippen LogP contribution >= 0.6 is 0 Å². The van der Waals surface area contributed by atoms with Crippen molar-refractivity contribution in [3.63, 3.8) is 0 Å². The fourth-order valence-electron chi connectivity index (χ4n) is 0.573.